The zero-order valence-corrected chi connectivity index (χ0v) is 12.7. The molecule has 1 amide bonds. The summed E-state index contributed by atoms with van der Waals surface area (Å²) >= 11 is 5.92. The predicted molar refractivity (Wildman–Crippen MR) is 80.9 cm³/mol. The fourth-order valence-electron chi connectivity index (χ4n) is 2.56. The highest BCUT2D eigenvalue weighted by Crippen LogP contribution is 2.20. The Bertz CT molecular complexity index is 486. The average Bonchev–Trinajstić information content (AvgIpc) is 2.48. The molecular formula is C14H21ClN4O. The van der Waals surface area contributed by atoms with Crippen LogP contribution in [-0.4, -0.2) is 53.4 Å². The number of carbonyl (C=O) groups is 1. The van der Waals surface area contributed by atoms with Crippen LogP contribution in [0.2, 0.25) is 5.02 Å². The molecule has 5 nitrogen and oxygen atoms in total. The van der Waals surface area contributed by atoms with Gasteiger partial charge in [0.2, 0.25) is 0 Å². The number of nitrogens with two attached hydrogens (primary N) is 1. The van der Waals surface area contributed by atoms with Crippen molar-refractivity contribution in [3.05, 3.63) is 22.8 Å². The number of hydrogen-bond donors (Lipinski definition) is 1. The summed E-state index contributed by atoms with van der Waals surface area (Å²) in [7, 11) is 1.85. The summed E-state index contributed by atoms with van der Waals surface area (Å²) in [6.45, 7) is 5.32. The summed E-state index contributed by atoms with van der Waals surface area (Å²) in [6.07, 6.45) is 3.50. The number of amides is 1. The number of rotatable bonds is 3. The number of hydrogen-bond acceptors (Lipinski definition) is 4. The summed E-state index contributed by atoms with van der Waals surface area (Å²) in [4.78, 5) is 20.6. The molecule has 2 N–H and O–H groups in total. The zero-order valence-electron chi connectivity index (χ0n) is 12.0. The monoisotopic (exact) mass is 296 g/mol. The van der Waals surface area contributed by atoms with Crippen LogP contribution in [0.5, 0.6) is 0 Å². The minimum Gasteiger partial charge on any atom is -0.382 e. The van der Waals surface area contributed by atoms with E-state index >= 15 is 0 Å². The number of carbonyl (C=O) groups excluding carboxylic acids is 1. The smallest absolute Gasteiger partial charge is 0.255 e. The summed E-state index contributed by atoms with van der Waals surface area (Å²) in [5, 5.41) is 0.324. The molecule has 0 bridgehead atoms. The minimum atomic E-state index is -0.0469. The zero-order chi connectivity index (χ0) is 14.7. The maximum absolute atomic E-state index is 12.4. The van der Waals surface area contributed by atoms with Crippen molar-refractivity contribution in [2.24, 2.45) is 0 Å². The summed E-state index contributed by atoms with van der Waals surface area (Å²) in [5.41, 5.74) is 6.06. The fraction of sp³-hybridized carbons (Fsp3) is 0.571. The van der Waals surface area contributed by atoms with Gasteiger partial charge in [0, 0.05) is 32.4 Å². The summed E-state index contributed by atoms with van der Waals surface area (Å²) in [5.74, 6) is 0.205. The van der Waals surface area contributed by atoms with E-state index in [1.165, 1.54) is 6.20 Å². The van der Waals surface area contributed by atoms with E-state index in [2.05, 4.69) is 16.8 Å². The standard InChI is InChI=1S/C14H21ClN4O/c1-3-19-6-4-11(5-7-19)18(2)14(20)10-8-12(15)13(16)17-9-10/h8-9,11H,3-7H2,1-2H3,(H2,16,17). The van der Waals surface area contributed by atoms with Gasteiger partial charge in [-0.3, -0.25) is 4.79 Å². The van der Waals surface area contributed by atoms with Crippen LogP contribution in [0.3, 0.4) is 0 Å². The number of aromatic nitrogens is 1. The van der Waals surface area contributed by atoms with E-state index in [9.17, 15) is 4.79 Å². The van der Waals surface area contributed by atoms with Crippen molar-refractivity contribution in [3.8, 4) is 0 Å². The van der Waals surface area contributed by atoms with Crippen molar-refractivity contribution in [1.29, 1.82) is 0 Å². The third kappa shape index (κ3) is 3.22. The Labute approximate surface area is 124 Å². The van der Waals surface area contributed by atoms with Gasteiger partial charge in [-0.25, -0.2) is 4.98 Å². The van der Waals surface area contributed by atoms with Gasteiger partial charge in [-0.05, 0) is 25.5 Å². The molecule has 0 spiro atoms. The number of pyridine rings is 1. The summed E-state index contributed by atoms with van der Waals surface area (Å²) in [6, 6.07) is 1.87. The number of piperidine rings is 1. The lowest BCUT2D eigenvalue weighted by Crippen LogP contribution is -2.45. The first-order valence-corrected chi connectivity index (χ1v) is 7.31. The van der Waals surface area contributed by atoms with Gasteiger partial charge in [-0.1, -0.05) is 18.5 Å². The largest absolute Gasteiger partial charge is 0.382 e. The Hall–Kier alpha value is -1.33. The van der Waals surface area contributed by atoms with Crippen LogP contribution in [0.1, 0.15) is 30.1 Å². The van der Waals surface area contributed by atoms with Crippen molar-refractivity contribution >= 4 is 23.3 Å². The first-order chi connectivity index (χ1) is 9.52. The molecule has 1 aliphatic rings. The predicted octanol–water partition coefficient (Wildman–Crippen LogP) is 1.87. The van der Waals surface area contributed by atoms with Gasteiger partial charge >= 0.3 is 0 Å². The van der Waals surface area contributed by atoms with Crippen molar-refractivity contribution in [1.82, 2.24) is 14.8 Å². The summed E-state index contributed by atoms with van der Waals surface area (Å²) < 4.78 is 0. The molecule has 1 aromatic rings. The van der Waals surface area contributed by atoms with E-state index in [1.807, 2.05) is 7.05 Å². The van der Waals surface area contributed by atoms with Gasteiger partial charge in [-0.15, -0.1) is 0 Å². The quantitative estimate of drug-likeness (QED) is 0.925. The molecule has 0 unspecified atom stereocenters. The van der Waals surface area contributed by atoms with Crippen LogP contribution in [0, 0.1) is 0 Å². The highest BCUT2D eigenvalue weighted by Gasteiger charge is 2.25. The molecular weight excluding hydrogens is 276 g/mol. The molecule has 1 saturated heterocycles. The molecule has 1 aromatic heterocycles. The number of halogens is 1. The lowest BCUT2D eigenvalue weighted by Gasteiger charge is -2.36. The minimum absolute atomic E-state index is 0.0469. The van der Waals surface area contributed by atoms with Crippen LogP contribution in [0.25, 0.3) is 0 Å². The van der Waals surface area contributed by atoms with E-state index in [1.54, 1.807) is 11.0 Å². The molecule has 20 heavy (non-hydrogen) atoms. The molecule has 2 rings (SSSR count). The number of nitrogen functional groups attached to an aromatic ring is 1. The van der Waals surface area contributed by atoms with Crippen molar-refractivity contribution in [3.63, 3.8) is 0 Å². The second kappa shape index (κ2) is 6.41. The van der Waals surface area contributed by atoms with Crippen LogP contribution in [0.4, 0.5) is 5.82 Å². The van der Waals surface area contributed by atoms with E-state index < -0.39 is 0 Å². The molecule has 1 fully saturated rings. The molecule has 110 valence electrons. The van der Waals surface area contributed by atoms with E-state index in [0.29, 0.717) is 10.6 Å². The molecule has 0 atom stereocenters. The average molecular weight is 297 g/mol. The topological polar surface area (TPSA) is 62.5 Å². The van der Waals surface area contributed by atoms with Crippen LogP contribution < -0.4 is 5.73 Å². The van der Waals surface area contributed by atoms with Gasteiger partial charge in [0.05, 0.1) is 10.6 Å². The normalized spacial score (nSPS) is 17.1. The van der Waals surface area contributed by atoms with E-state index in [0.717, 1.165) is 32.5 Å². The number of likely N-dealkylation sites (tertiary alicyclic amines) is 1. The molecule has 0 radical (unpaired) electrons. The number of anilines is 1. The van der Waals surface area contributed by atoms with Crippen molar-refractivity contribution < 1.29 is 4.79 Å². The first kappa shape index (κ1) is 15.1. The fourth-order valence-corrected chi connectivity index (χ4v) is 2.72. The maximum atomic E-state index is 12.4. The van der Waals surface area contributed by atoms with Crippen LogP contribution >= 0.6 is 11.6 Å². The van der Waals surface area contributed by atoms with E-state index in [4.69, 9.17) is 17.3 Å². The molecule has 0 aliphatic carbocycles. The SMILES string of the molecule is CCN1CCC(N(C)C(=O)c2cnc(N)c(Cl)c2)CC1. The molecule has 0 saturated carbocycles. The van der Waals surface area contributed by atoms with Gasteiger partial charge in [-0.2, -0.15) is 0 Å². The third-order valence-corrected chi connectivity index (χ3v) is 4.29. The maximum Gasteiger partial charge on any atom is 0.255 e. The highest BCUT2D eigenvalue weighted by atomic mass is 35.5. The molecule has 1 aliphatic heterocycles. The second-order valence-electron chi connectivity index (χ2n) is 5.17. The Balaban J connectivity index is 2.03. The van der Waals surface area contributed by atoms with Crippen molar-refractivity contribution in [2.45, 2.75) is 25.8 Å². The Morgan fingerprint density at radius 2 is 2.20 bits per heavy atom. The lowest BCUT2D eigenvalue weighted by molar-refractivity contribution is 0.0646. The Morgan fingerprint density at radius 1 is 1.55 bits per heavy atom. The Morgan fingerprint density at radius 3 is 2.75 bits per heavy atom. The third-order valence-electron chi connectivity index (χ3n) is 3.99. The van der Waals surface area contributed by atoms with Crippen LogP contribution in [0.15, 0.2) is 12.3 Å². The highest BCUT2D eigenvalue weighted by molar-refractivity contribution is 6.33. The van der Waals surface area contributed by atoms with Gasteiger partial charge < -0.3 is 15.5 Å². The number of nitrogens with zero attached hydrogens (tertiary/aromatic N) is 3. The molecule has 6 heteroatoms. The van der Waals surface area contributed by atoms with Crippen LogP contribution in [-0.2, 0) is 0 Å². The molecule has 2 heterocycles. The lowest BCUT2D eigenvalue weighted by atomic mass is 10.0. The van der Waals surface area contributed by atoms with Gasteiger partial charge in [0.1, 0.15) is 5.82 Å². The van der Waals surface area contributed by atoms with Gasteiger partial charge in [0.25, 0.3) is 5.91 Å². The second-order valence-corrected chi connectivity index (χ2v) is 5.58. The van der Waals surface area contributed by atoms with Crippen molar-refractivity contribution in [2.75, 3.05) is 32.4 Å². The van der Waals surface area contributed by atoms with E-state index in [-0.39, 0.29) is 17.8 Å². The molecule has 0 aromatic carbocycles. The first-order valence-electron chi connectivity index (χ1n) is 6.93. The Kier molecular flexibility index (Phi) is 4.83. The van der Waals surface area contributed by atoms with Gasteiger partial charge in [0.15, 0.2) is 0 Å².